The second kappa shape index (κ2) is 5.66. The van der Waals surface area contributed by atoms with Crippen molar-refractivity contribution < 1.29 is 20.7 Å². The Morgan fingerprint density at radius 3 is 2.38 bits per heavy atom. The summed E-state index contributed by atoms with van der Waals surface area (Å²) in [5.74, 6) is 0.224. The van der Waals surface area contributed by atoms with Gasteiger partial charge in [0.25, 0.3) is 0 Å². The van der Waals surface area contributed by atoms with Crippen molar-refractivity contribution in [2.75, 3.05) is 6.54 Å². The molecule has 1 saturated heterocycles. The molecule has 0 aliphatic carbocycles. The van der Waals surface area contributed by atoms with E-state index in [2.05, 4.69) is 0 Å². The van der Waals surface area contributed by atoms with Crippen molar-refractivity contribution in [3.8, 4) is 0 Å². The van der Waals surface area contributed by atoms with Gasteiger partial charge >= 0.3 is 10.2 Å². The first-order valence-corrected chi connectivity index (χ1v) is 9.53. The van der Waals surface area contributed by atoms with Gasteiger partial charge in [0.2, 0.25) is 10.0 Å². The summed E-state index contributed by atoms with van der Waals surface area (Å²) in [6.07, 6.45) is 1.71. The summed E-state index contributed by atoms with van der Waals surface area (Å²) >= 11 is 0. The standard InChI is InChI=1S/C13H18FNO4S2/c1-10-5-4-8-15(11(10)2)21(18,19)13-7-3-6-12(9-13)20(14,16)17/h3,6-7,9-11H,4-5,8H2,1-2H3. The third-order valence-corrected chi connectivity index (χ3v) is 6.81. The molecule has 118 valence electrons. The van der Waals surface area contributed by atoms with Gasteiger partial charge in [0, 0.05) is 12.6 Å². The zero-order chi connectivity index (χ0) is 15.8. The molecular weight excluding hydrogens is 317 g/mol. The number of hydrogen-bond donors (Lipinski definition) is 0. The lowest BCUT2D eigenvalue weighted by Crippen LogP contribution is -2.45. The molecule has 1 aromatic carbocycles. The zero-order valence-electron chi connectivity index (χ0n) is 11.9. The van der Waals surface area contributed by atoms with Gasteiger partial charge in [0.1, 0.15) is 0 Å². The minimum Gasteiger partial charge on any atom is -0.207 e. The Morgan fingerprint density at radius 1 is 1.14 bits per heavy atom. The first-order chi connectivity index (χ1) is 9.64. The lowest BCUT2D eigenvalue weighted by molar-refractivity contribution is 0.202. The van der Waals surface area contributed by atoms with Gasteiger partial charge in [-0.1, -0.05) is 13.0 Å². The van der Waals surface area contributed by atoms with E-state index in [0.29, 0.717) is 6.54 Å². The smallest absolute Gasteiger partial charge is 0.207 e. The predicted octanol–water partition coefficient (Wildman–Crippen LogP) is 2.15. The van der Waals surface area contributed by atoms with Crippen molar-refractivity contribution in [2.45, 2.75) is 42.5 Å². The number of benzene rings is 1. The van der Waals surface area contributed by atoms with Crippen LogP contribution in [-0.4, -0.2) is 33.7 Å². The number of nitrogens with zero attached hydrogens (tertiary/aromatic N) is 1. The van der Waals surface area contributed by atoms with Crippen molar-refractivity contribution >= 4 is 20.2 Å². The molecule has 0 amide bonds. The summed E-state index contributed by atoms with van der Waals surface area (Å²) < 4.78 is 61.5. The highest BCUT2D eigenvalue weighted by Gasteiger charge is 2.34. The average molecular weight is 335 g/mol. The highest BCUT2D eigenvalue weighted by atomic mass is 32.3. The quantitative estimate of drug-likeness (QED) is 0.794. The number of hydrogen-bond acceptors (Lipinski definition) is 4. The van der Waals surface area contributed by atoms with Crippen LogP contribution in [0, 0.1) is 5.92 Å². The van der Waals surface area contributed by atoms with E-state index < -0.39 is 25.1 Å². The van der Waals surface area contributed by atoms with E-state index in [1.165, 1.54) is 16.4 Å². The van der Waals surface area contributed by atoms with Crippen LogP contribution < -0.4 is 0 Å². The van der Waals surface area contributed by atoms with E-state index in [-0.39, 0.29) is 16.9 Å². The molecule has 2 unspecified atom stereocenters. The summed E-state index contributed by atoms with van der Waals surface area (Å²) in [6, 6.07) is 4.26. The van der Waals surface area contributed by atoms with Crippen LogP contribution in [0.25, 0.3) is 0 Å². The van der Waals surface area contributed by atoms with Crippen LogP contribution in [0.1, 0.15) is 26.7 Å². The van der Waals surface area contributed by atoms with Crippen LogP contribution in [0.5, 0.6) is 0 Å². The van der Waals surface area contributed by atoms with Crippen molar-refractivity contribution in [3.63, 3.8) is 0 Å². The molecule has 2 rings (SSSR count). The van der Waals surface area contributed by atoms with Crippen LogP contribution in [0.4, 0.5) is 3.89 Å². The SMILES string of the molecule is CC1CCCN(S(=O)(=O)c2cccc(S(=O)(=O)F)c2)C1C. The first kappa shape index (κ1) is 16.4. The molecule has 0 spiro atoms. The molecule has 2 atom stereocenters. The topological polar surface area (TPSA) is 71.5 Å². The van der Waals surface area contributed by atoms with Crippen LogP contribution >= 0.6 is 0 Å². The van der Waals surface area contributed by atoms with Gasteiger partial charge in [-0.2, -0.15) is 12.7 Å². The average Bonchev–Trinajstić information content (AvgIpc) is 2.41. The van der Waals surface area contributed by atoms with E-state index in [9.17, 15) is 20.7 Å². The van der Waals surface area contributed by atoms with Crippen LogP contribution in [0.3, 0.4) is 0 Å². The predicted molar refractivity (Wildman–Crippen MR) is 76.5 cm³/mol. The lowest BCUT2D eigenvalue weighted by atomic mass is 9.94. The maximum Gasteiger partial charge on any atom is 0.332 e. The molecule has 0 N–H and O–H groups in total. The number of piperidine rings is 1. The minimum atomic E-state index is -4.92. The molecule has 1 aliphatic heterocycles. The van der Waals surface area contributed by atoms with E-state index >= 15 is 0 Å². The van der Waals surface area contributed by atoms with Crippen LogP contribution in [-0.2, 0) is 20.2 Å². The molecule has 0 saturated carbocycles. The Kier molecular flexibility index (Phi) is 4.41. The first-order valence-electron chi connectivity index (χ1n) is 6.70. The van der Waals surface area contributed by atoms with Crippen LogP contribution in [0.2, 0.25) is 0 Å². The fourth-order valence-corrected chi connectivity index (χ4v) is 4.95. The fourth-order valence-electron chi connectivity index (χ4n) is 2.56. The maximum atomic E-state index is 13.0. The minimum absolute atomic E-state index is 0.172. The third kappa shape index (κ3) is 3.27. The Morgan fingerprint density at radius 2 is 1.76 bits per heavy atom. The van der Waals surface area contributed by atoms with Crippen molar-refractivity contribution in [3.05, 3.63) is 24.3 Å². The fraction of sp³-hybridized carbons (Fsp3) is 0.538. The molecule has 0 aromatic heterocycles. The molecular formula is C13H18FNO4S2. The molecule has 8 heteroatoms. The van der Waals surface area contributed by atoms with Gasteiger partial charge in [0.05, 0.1) is 9.79 Å². The van der Waals surface area contributed by atoms with Gasteiger partial charge in [-0.3, -0.25) is 0 Å². The normalized spacial score (nSPS) is 24.9. The second-order valence-electron chi connectivity index (χ2n) is 5.39. The summed E-state index contributed by atoms with van der Waals surface area (Å²) in [7, 11) is -8.75. The van der Waals surface area contributed by atoms with Gasteiger partial charge in [-0.25, -0.2) is 8.42 Å². The zero-order valence-corrected chi connectivity index (χ0v) is 13.5. The third-order valence-electron chi connectivity index (χ3n) is 4.01. The molecule has 0 radical (unpaired) electrons. The van der Waals surface area contributed by atoms with Crippen molar-refractivity contribution in [2.24, 2.45) is 5.92 Å². The Balaban J connectivity index is 2.45. The summed E-state index contributed by atoms with van der Waals surface area (Å²) in [6.45, 7) is 4.20. The summed E-state index contributed by atoms with van der Waals surface area (Å²) in [5, 5.41) is 0. The Hall–Kier alpha value is -0.990. The molecule has 0 bridgehead atoms. The van der Waals surface area contributed by atoms with Crippen molar-refractivity contribution in [1.82, 2.24) is 4.31 Å². The lowest BCUT2D eigenvalue weighted by Gasteiger charge is -2.36. The molecule has 1 aliphatic rings. The van der Waals surface area contributed by atoms with Gasteiger partial charge in [-0.15, -0.1) is 3.89 Å². The molecule has 1 fully saturated rings. The molecule has 1 heterocycles. The molecule has 21 heavy (non-hydrogen) atoms. The Bertz CT molecular complexity index is 730. The van der Waals surface area contributed by atoms with E-state index in [4.69, 9.17) is 0 Å². The maximum absolute atomic E-state index is 13.0. The van der Waals surface area contributed by atoms with E-state index in [1.807, 2.05) is 13.8 Å². The monoisotopic (exact) mass is 335 g/mol. The van der Waals surface area contributed by atoms with Gasteiger partial charge in [0.15, 0.2) is 0 Å². The van der Waals surface area contributed by atoms with Gasteiger partial charge < -0.3 is 0 Å². The summed E-state index contributed by atoms with van der Waals surface area (Å²) in [4.78, 5) is -0.830. The van der Waals surface area contributed by atoms with Crippen LogP contribution in [0.15, 0.2) is 34.1 Å². The molecule has 1 aromatic rings. The highest BCUT2D eigenvalue weighted by Crippen LogP contribution is 2.29. The highest BCUT2D eigenvalue weighted by molar-refractivity contribution is 7.89. The molecule has 5 nitrogen and oxygen atoms in total. The summed E-state index contributed by atoms with van der Waals surface area (Å²) in [5.41, 5.74) is 0. The largest absolute Gasteiger partial charge is 0.332 e. The van der Waals surface area contributed by atoms with E-state index in [0.717, 1.165) is 25.0 Å². The number of sulfonamides is 1. The van der Waals surface area contributed by atoms with Crippen molar-refractivity contribution in [1.29, 1.82) is 0 Å². The van der Waals surface area contributed by atoms with Gasteiger partial charge in [-0.05, 0) is 43.9 Å². The van der Waals surface area contributed by atoms with E-state index in [1.54, 1.807) is 0 Å². The second-order valence-corrected chi connectivity index (χ2v) is 8.63. The Labute approximate surface area is 125 Å². The number of halogens is 1. The number of rotatable bonds is 3.